The molecule has 2 heterocycles. The lowest BCUT2D eigenvalue weighted by atomic mass is 9.95. The Morgan fingerprint density at radius 3 is 2.95 bits per heavy atom. The molecule has 1 aromatic heterocycles. The maximum atomic E-state index is 5.36. The van der Waals surface area contributed by atoms with Gasteiger partial charge in [-0.25, -0.2) is 0 Å². The molecule has 0 saturated carbocycles. The summed E-state index contributed by atoms with van der Waals surface area (Å²) in [5.41, 5.74) is 0.981. The van der Waals surface area contributed by atoms with Crippen molar-refractivity contribution >= 4 is 15.9 Å². The summed E-state index contributed by atoms with van der Waals surface area (Å²) < 4.78 is 6.39. The summed E-state index contributed by atoms with van der Waals surface area (Å²) in [7, 11) is 0. The average molecular weight is 322 g/mol. The molecule has 1 fully saturated rings. The highest BCUT2D eigenvalue weighted by atomic mass is 79.9. The molecule has 0 unspecified atom stereocenters. The molecule has 0 aliphatic carbocycles. The fraction of sp³-hybridized carbons (Fsp3) is 0.429. The third kappa shape index (κ3) is 3.22. The molecule has 1 aliphatic rings. The molecule has 2 aromatic rings. The number of hydrogen-bond donors (Lipinski definition) is 1. The number of benzene rings is 1. The molecule has 1 N–H and O–H groups in total. The average Bonchev–Trinajstić information content (AvgIpc) is 2.88. The van der Waals surface area contributed by atoms with Crippen LogP contribution in [0.25, 0.3) is 11.4 Å². The van der Waals surface area contributed by atoms with Crippen molar-refractivity contribution in [2.24, 2.45) is 5.92 Å². The molecule has 100 valence electrons. The van der Waals surface area contributed by atoms with Gasteiger partial charge < -0.3 is 9.84 Å². The Labute approximate surface area is 120 Å². The normalized spacial score (nSPS) is 16.7. The zero-order chi connectivity index (χ0) is 13.1. The quantitative estimate of drug-likeness (QED) is 0.944. The van der Waals surface area contributed by atoms with Crippen molar-refractivity contribution in [1.82, 2.24) is 15.5 Å². The summed E-state index contributed by atoms with van der Waals surface area (Å²) in [6.07, 6.45) is 3.27. The molecule has 0 amide bonds. The maximum absolute atomic E-state index is 5.36. The number of halogens is 1. The molecular weight excluding hydrogens is 306 g/mol. The Morgan fingerprint density at radius 1 is 1.32 bits per heavy atom. The van der Waals surface area contributed by atoms with Gasteiger partial charge in [-0.3, -0.25) is 0 Å². The number of aromatic nitrogens is 2. The SMILES string of the molecule is Brc1cccc(-c2noc(CC3CCNCC3)n2)c1. The first-order chi connectivity index (χ1) is 9.31. The van der Waals surface area contributed by atoms with E-state index in [4.69, 9.17) is 4.52 Å². The van der Waals surface area contributed by atoms with Crippen LogP contribution in [0.2, 0.25) is 0 Å². The van der Waals surface area contributed by atoms with Crippen molar-refractivity contribution in [3.63, 3.8) is 0 Å². The van der Waals surface area contributed by atoms with Gasteiger partial charge in [0, 0.05) is 16.5 Å². The van der Waals surface area contributed by atoms with Gasteiger partial charge in [0.25, 0.3) is 0 Å². The van der Waals surface area contributed by atoms with Gasteiger partial charge in [-0.1, -0.05) is 33.2 Å². The van der Waals surface area contributed by atoms with Crippen LogP contribution in [-0.2, 0) is 6.42 Å². The highest BCUT2D eigenvalue weighted by Crippen LogP contribution is 2.22. The van der Waals surface area contributed by atoms with E-state index in [9.17, 15) is 0 Å². The standard InChI is InChI=1S/C14H16BrN3O/c15-12-3-1-2-11(9-12)14-17-13(19-18-14)8-10-4-6-16-7-5-10/h1-3,9-10,16H,4-8H2. The third-order valence-electron chi connectivity index (χ3n) is 3.47. The van der Waals surface area contributed by atoms with Crippen LogP contribution in [0.15, 0.2) is 33.3 Å². The second kappa shape index (κ2) is 5.84. The molecule has 1 aliphatic heterocycles. The van der Waals surface area contributed by atoms with Crippen LogP contribution in [-0.4, -0.2) is 23.2 Å². The lowest BCUT2D eigenvalue weighted by Crippen LogP contribution is -2.28. The number of rotatable bonds is 3. The maximum Gasteiger partial charge on any atom is 0.227 e. The van der Waals surface area contributed by atoms with Crippen molar-refractivity contribution in [2.45, 2.75) is 19.3 Å². The molecule has 19 heavy (non-hydrogen) atoms. The van der Waals surface area contributed by atoms with E-state index in [1.54, 1.807) is 0 Å². The van der Waals surface area contributed by atoms with Gasteiger partial charge in [0.1, 0.15) is 0 Å². The summed E-state index contributed by atoms with van der Waals surface area (Å²) in [6.45, 7) is 2.19. The molecule has 1 saturated heterocycles. The molecule has 0 radical (unpaired) electrons. The zero-order valence-electron chi connectivity index (χ0n) is 10.6. The zero-order valence-corrected chi connectivity index (χ0v) is 12.2. The number of nitrogens with zero attached hydrogens (tertiary/aromatic N) is 2. The third-order valence-corrected chi connectivity index (χ3v) is 3.97. The van der Waals surface area contributed by atoms with E-state index in [2.05, 4.69) is 31.4 Å². The van der Waals surface area contributed by atoms with Crippen LogP contribution < -0.4 is 5.32 Å². The molecule has 0 spiro atoms. The van der Waals surface area contributed by atoms with Crippen molar-refractivity contribution in [3.8, 4) is 11.4 Å². The van der Waals surface area contributed by atoms with Crippen molar-refractivity contribution in [1.29, 1.82) is 0 Å². The van der Waals surface area contributed by atoms with E-state index in [0.29, 0.717) is 11.7 Å². The van der Waals surface area contributed by atoms with Gasteiger partial charge in [0.15, 0.2) is 0 Å². The van der Waals surface area contributed by atoms with Crippen molar-refractivity contribution in [2.75, 3.05) is 13.1 Å². The van der Waals surface area contributed by atoms with Crippen LogP contribution in [0.4, 0.5) is 0 Å². The predicted molar refractivity (Wildman–Crippen MR) is 76.7 cm³/mol. The Kier molecular flexibility index (Phi) is 3.94. The topological polar surface area (TPSA) is 51.0 Å². The smallest absolute Gasteiger partial charge is 0.227 e. The predicted octanol–water partition coefficient (Wildman–Crippen LogP) is 3.04. The van der Waals surface area contributed by atoms with Gasteiger partial charge in [-0.2, -0.15) is 4.98 Å². The minimum atomic E-state index is 0.664. The van der Waals surface area contributed by atoms with Crippen LogP contribution in [0.5, 0.6) is 0 Å². The molecule has 0 atom stereocenters. The van der Waals surface area contributed by atoms with Crippen LogP contribution in [0, 0.1) is 5.92 Å². The lowest BCUT2D eigenvalue weighted by Gasteiger charge is -2.20. The molecule has 4 nitrogen and oxygen atoms in total. The first-order valence-electron chi connectivity index (χ1n) is 6.60. The van der Waals surface area contributed by atoms with E-state index in [1.807, 2.05) is 24.3 Å². The monoisotopic (exact) mass is 321 g/mol. The Balaban J connectivity index is 1.72. The lowest BCUT2D eigenvalue weighted by molar-refractivity contribution is 0.313. The highest BCUT2D eigenvalue weighted by molar-refractivity contribution is 9.10. The Bertz CT molecular complexity index is 549. The summed E-state index contributed by atoms with van der Waals surface area (Å²) in [4.78, 5) is 4.50. The summed E-state index contributed by atoms with van der Waals surface area (Å²) >= 11 is 3.45. The van der Waals surface area contributed by atoms with E-state index in [0.717, 1.165) is 35.4 Å². The Morgan fingerprint density at radius 2 is 2.16 bits per heavy atom. The first kappa shape index (κ1) is 12.8. The highest BCUT2D eigenvalue weighted by Gasteiger charge is 2.17. The van der Waals surface area contributed by atoms with Gasteiger partial charge >= 0.3 is 0 Å². The minimum absolute atomic E-state index is 0.664. The van der Waals surface area contributed by atoms with Gasteiger partial charge in [0.2, 0.25) is 11.7 Å². The van der Waals surface area contributed by atoms with E-state index >= 15 is 0 Å². The number of piperidine rings is 1. The molecule has 5 heteroatoms. The van der Waals surface area contributed by atoms with E-state index in [-0.39, 0.29) is 0 Å². The molecule has 3 rings (SSSR count). The fourth-order valence-corrected chi connectivity index (χ4v) is 2.81. The fourth-order valence-electron chi connectivity index (χ4n) is 2.42. The molecule has 1 aromatic carbocycles. The summed E-state index contributed by atoms with van der Waals surface area (Å²) in [5, 5.41) is 7.44. The van der Waals surface area contributed by atoms with Gasteiger partial charge in [-0.15, -0.1) is 0 Å². The van der Waals surface area contributed by atoms with Crippen molar-refractivity contribution < 1.29 is 4.52 Å². The van der Waals surface area contributed by atoms with E-state index < -0.39 is 0 Å². The molecule has 0 bridgehead atoms. The van der Waals surface area contributed by atoms with Gasteiger partial charge in [0.05, 0.1) is 0 Å². The summed E-state index contributed by atoms with van der Waals surface area (Å²) in [6, 6.07) is 7.95. The van der Waals surface area contributed by atoms with Crippen molar-refractivity contribution in [3.05, 3.63) is 34.6 Å². The van der Waals surface area contributed by atoms with Crippen LogP contribution in [0.3, 0.4) is 0 Å². The van der Waals surface area contributed by atoms with Gasteiger partial charge in [-0.05, 0) is 44.0 Å². The number of hydrogen-bond acceptors (Lipinski definition) is 4. The number of nitrogens with one attached hydrogen (secondary N) is 1. The largest absolute Gasteiger partial charge is 0.339 e. The second-order valence-corrected chi connectivity index (χ2v) is 5.84. The second-order valence-electron chi connectivity index (χ2n) is 4.92. The van der Waals surface area contributed by atoms with Crippen LogP contribution >= 0.6 is 15.9 Å². The minimum Gasteiger partial charge on any atom is -0.339 e. The van der Waals surface area contributed by atoms with E-state index in [1.165, 1.54) is 12.8 Å². The first-order valence-corrected chi connectivity index (χ1v) is 7.40. The Hall–Kier alpha value is -1.20. The van der Waals surface area contributed by atoms with Crippen LogP contribution in [0.1, 0.15) is 18.7 Å². The molecular formula is C14H16BrN3O. The summed E-state index contributed by atoms with van der Waals surface area (Å²) in [5.74, 6) is 2.09.